The van der Waals surface area contributed by atoms with Crippen LogP contribution in [0.15, 0.2) is 36.9 Å². The Morgan fingerprint density at radius 1 is 1.05 bits per heavy atom. The van der Waals surface area contributed by atoms with E-state index >= 15 is 0 Å². The SMILES string of the molecule is COc1cncc(N2CCN(CCc3ccncc3)CC2)n1. The molecule has 22 heavy (non-hydrogen) atoms. The van der Waals surface area contributed by atoms with Crippen molar-refractivity contribution in [3.63, 3.8) is 0 Å². The number of anilines is 1. The number of nitrogens with zero attached hydrogens (tertiary/aromatic N) is 5. The van der Waals surface area contributed by atoms with Gasteiger partial charge in [0.2, 0.25) is 5.88 Å². The summed E-state index contributed by atoms with van der Waals surface area (Å²) in [5.74, 6) is 1.46. The molecule has 0 unspecified atom stereocenters. The number of hydrogen-bond acceptors (Lipinski definition) is 6. The third-order valence-corrected chi connectivity index (χ3v) is 3.97. The molecule has 3 heterocycles. The van der Waals surface area contributed by atoms with Crippen molar-refractivity contribution in [1.82, 2.24) is 19.9 Å². The highest BCUT2D eigenvalue weighted by molar-refractivity contribution is 5.38. The second kappa shape index (κ2) is 7.17. The summed E-state index contributed by atoms with van der Waals surface area (Å²) < 4.78 is 5.14. The lowest BCUT2D eigenvalue weighted by Crippen LogP contribution is -2.47. The molecule has 116 valence electrons. The third-order valence-electron chi connectivity index (χ3n) is 3.97. The van der Waals surface area contributed by atoms with E-state index in [1.807, 2.05) is 12.4 Å². The molecule has 1 aliphatic heterocycles. The highest BCUT2D eigenvalue weighted by atomic mass is 16.5. The van der Waals surface area contributed by atoms with Crippen molar-refractivity contribution in [1.29, 1.82) is 0 Å². The van der Waals surface area contributed by atoms with E-state index in [1.54, 1.807) is 19.5 Å². The van der Waals surface area contributed by atoms with E-state index in [0.717, 1.165) is 45.0 Å². The van der Waals surface area contributed by atoms with E-state index in [0.29, 0.717) is 5.88 Å². The lowest BCUT2D eigenvalue weighted by Gasteiger charge is -2.35. The molecule has 1 saturated heterocycles. The Morgan fingerprint density at radius 2 is 1.82 bits per heavy atom. The molecule has 6 nitrogen and oxygen atoms in total. The van der Waals surface area contributed by atoms with Gasteiger partial charge < -0.3 is 9.64 Å². The number of methoxy groups -OCH3 is 1. The number of hydrogen-bond donors (Lipinski definition) is 0. The molecule has 1 aliphatic rings. The van der Waals surface area contributed by atoms with Crippen LogP contribution in [0.1, 0.15) is 5.56 Å². The molecular formula is C16H21N5O. The van der Waals surface area contributed by atoms with Gasteiger partial charge in [-0.25, -0.2) is 0 Å². The minimum atomic E-state index is 0.567. The van der Waals surface area contributed by atoms with E-state index in [9.17, 15) is 0 Å². The van der Waals surface area contributed by atoms with Gasteiger partial charge in [0, 0.05) is 45.1 Å². The lowest BCUT2D eigenvalue weighted by molar-refractivity contribution is 0.260. The molecule has 2 aromatic heterocycles. The maximum atomic E-state index is 5.14. The summed E-state index contributed by atoms with van der Waals surface area (Å²) in [5, 5.41) is 0. The Hall–Kier alpha value is -2.21. The molecule has 6 heteroatoms. The van der Waals surface area contributed by atoms with E-state index in [1.165, 1.54) is 5.56 Å². The minimum Gasteiger partial charge on any atom is -0.480 e. The maximum absolute atomic E-state index is 5.14. The van der Waals surface area contributed by atoms with Gasteiger partial charge in [-0.2, -0.15) is 4.98 Å². The first kappa shape index (κ1) is 14.7. The van der Waals surface area contributed by atoms with Crippen LogP contribution < -0.4 is 9.64 Å². The Kier molecular flexibility index (Phi) is 4.80. The number of rotatable bonds is 5. The number of piperazine rings is 1. The average molecular weight is 299 g/mol. The second-order valence-corrected chi connectivity index (χ2v) is 5.35. The number of pyridine rings is 1. The third kappa shape index (κ3) is 3.71. The average Bonchev–Trinajstić information content (AvgIpc) is 2.61. The zero-order valence-electron chi connectivity index (χ0n) is 12.9. The highest BCUT2D eigenvalue weighted by Crippen LogP contribution is 2.15. The summed E-state index contributed by atoms with van der Waals surface area (Å²) in [4.78, 5) is 17.4. The molecule has 3 rings (SSSR count). The van der Waals surface area contributed by atoms with Crippen LogP contribution in [0.5, 0.6) is 5.88 Å². The van der Waals surface area contributed by atoms with Crippen molar-refractivity contribution in [2.45, 2.75) is 6.42 Å². The number of aromatic nitrogens is 3. The molecular weight excluding hydrogens is 278 g/mol. The van der Waals surface area contributed by atoms with Crippen LogP contribution >= 0.6 is 0 Å². The molecule has 1 fully saturated rings. The molecule has 2 aromatic rings. The van der Waals surface area contributed by atoms with Crippen molar-refractivity contribution in [2.75, 3.05) is 44.7 Å². The summed E-state index contributed by atoms with van der Waals surface area (Å²) in [7, 11) is 1.62. The largest absolute Gasteiger partial charge is 0.480 e. The summed E-state index contributed by atoms with van der Waals surface area (Å²) in [6, 6.07) is 4.17. The van der Waals surface area contributed by atoms with Crippen molar-refractivity contribution >= 4 is 5.82 Å². The molecule has 0 amide bonds. The molecule has 0 spiro atoms. The standard InChI is InChI=1S/C16H21N5O/c1-22-16-13-18-12-15(19-16)21-10-8-20(9-11-21)7-4-14-2-5-17-6-3-14/h2-3,5-6,12-13H,4,7-11H2,1H3. The van der Waals surface area contributed by atoms with Gasteiger partial charge in [-0.15, -0.1) is 0 Å². The van der Waals surface area contributed by atoms with Gasteiger partial charge in [0.05, 0.1) is 19.5 Å². The first-order chi connectivity index (χ1) is 10.8. The zero-order valence-corrected chi connectivity index (χ0v) is 12.9. The van der Waals surface area contributed by atoms with Crippen molar-refractivity contribution in [2.24, 2.45) is 0 Å². The van der Waals surface area contributed by atoms with Gasteiger partial charge in [-0.3, -0.25) is 14.9 Å². The Labute approximate surface area is 130 Å². The topological polar surface area (TPSA) is 54.4 Å². The highest BCUT2D eigenvalue weighted by Gasteiger charge is 2.18. The van der Waals surface area contributed by atoms with Gasteiger partial charge in [0.25, 0.3) is 0 Å². The second-order valence-electron chi connectivity index (χ2n) is 5.35. The minimum absolute atomic E-state index is 0.567. The van der Waals surface area contributed by atoms with Gasteiger partial charge in [0.15, 0.2) is 5.82 Å². The van der Waals surface area contributed by atoms with Crippen LogP contribution in [-0.2, 0) is 6.42 Å². The summed E-state index contributed by atoms with van der Waals surface area (Å²) in [6.45, 7) is 5.12. The van der Waals surface area contributed by atoms with E-state index in [4.69, 9.17) is 4.74 Å². The summed E-state index contributed by atoms with van der Waals surface area (Å²) >= 11 is 0. The Balaban J connectivity index is 1.49. The van der Waals surface area contributed by atoms with E-state index in [-0.39, 0.29) is 0 Å². The molecule has 0 bridgehead atoms. The van der Waals surface area contributed by atoms with Crippen LogP contribution in [0.4, 0.5) is 5.82 Å². The van der Waals surface area contributed by atoms with Crippen molar-refractivity contribution < 1.29 is 4.74 Å². The first-order valence-electron chi connectivity index (χ1n) is 7.57. The van der Waals surface area contributed by atoms with Gasteiger partial charge in [0.1, 0.15) is 0 Å². The quantitative estimate of drug-likeness (QED) is 0.828. The molecule has 0 radical (unpaired) electrons. The van der Waals surface area contributed by atoms with E-state index in [2.05, 4.69) is 36.9 Å². The summed E-state index contributed by atoms with van der Waals surface area (Å²) in [5.41, 5.74) is 1.34. The number of ether oxygens (including phenoxy) is 1. The summed E-state index contributed by atoms with van der Waals surface area (Å²) in [6.07, 6.45) is 8.22. The van der Waals surface area contributed by atoms with Crippen LogP contribution in [0.25, 0.3) is 0 Å². The predicted octanol–water partition coefficient (Wildman–Crippen LogP) is 1.24. The normalized spacial score (nSPS) is 15.8. The molecule has 0 atom stereocenters. The van der Waals surface area contributed by atoms with Crippen molar-refractivity contribution in [3.05, 3.63) is 42.5 Å². The van der Waals surface area contributed by atoms with Crippen molar-refractivity contribution in [3.8, 4) is 5.88 Å². The fraction of sp³-hybridized carbons (Fsp3) is 0.438. The monoisotopic (exact) mass is 299 g/mol. The Morgan fingerprint density at radius 3 is 2.55 bits per heavy atom. The lowest BCUT2D eigenvalue weighted by atomic mass is 10.2. The maximum Gasteiger partial charge on any atom is 0.233 e. The smallest absolute Gasteiger partial charge is 0.233 e. The molecule has 0 saturated carbocycles. The van der Waals surface area contributed by atoms with Crippen LogP contribution in [0, 0.1) is 0 Å². The molecule has 0 aliphatic carbocycles. The van der Waals surface area contributed by atoms with Gasteiger partial charge in [-0.05, 0) is 24.1 Å². The zero-order chi connectivity index (χ0) is 15.2. The molecule has 0 aromatic carbocycles. The van der Waals surface area contributed by atoms with Crippen LogP contribution in [-0.4, -0.2) is 59.7 Å². The van der Waals surface area contributed by atoms with Crippen LogP contribution in [0.3, 0.4) is 0 Å². The van der Waals surface area contributed by atoms with Gasteiger partial charge in [-0.1, -0.05) is 0 Å². The fourth-order valence-corrected chi connectivity index (χ4v) is 2.63. The van der Waals surface area contributed by atoms with E-state index < -0.39 is 0 Å². The Bertz CT molecular complexity index is 584. The van der Waals surface area contributed by atoms with Crippen LogP contribution in [0.2, 0.25) is 0 Å². The van der Waals surface area contributed by atoms with Gasteiger partial charge >= 0.3 is 0 Å². The predicted molar refractivity (Wildman–Crippen MR) is 85.2 cm³/mol. The molecule has 0 N–H and O–H groups in total. The fourth-order valence-electron chi connectivity index (χ4n) is 2.63. The first-order valence-corrected chi connectivity index (χ1v) is 7.57.